The number of nitrogens with one attached hydrogen (secondary N) is 1. The van der Waals surface area contributed by atoms with Gasteiger partial charge < -0.3 is 18.8 Å². The first-order valence-electron chi connectivity index (χ1n) is 10.2. The van der Waals surface area contributed by atoms with Crippen LogP contribution in [0.1, 0.15) is 38.8 Å². The van der Waals surface area contributed by atoms with E-state index in [-0.39, 0.29) is 22.6 Å². The molecule has 7 nitrogen and oxygen atoms in total. The van der Waals surface area contributed by atoms with Crippen LogP contribution in [0.3, 0.4) is 0 Å². The number of amides is 1. The third-order valence-corrected chi connectivity index (χ3v) is 5.73. The number of ether oxygens (including phenoxy) is 3. The molecular formula is C23H29ClN2O5. The van der Waals surface area contributed by atoms with Crippen LogP contribution in [0, 0.1) is 5.41 Å². The Morgan fingerprint density at radius 3 is 2.61 bits per heavy atom. The van der Waals surface area contributed by atoms with Gasteiger partial charge in [0.15, 0.2) is 0 Å². The van der Waals surface area contributed by atoms with Crippen molar-refractivity contribution in [2.75, 3.05) is 32.8 Å². The van der Waals surface area contributed by atoms with Gasteiger partial charge in [0.2, 0.25) is 5.43 Å². The van der Waals surface area contributed by atoms with E-state index < -0.39 is 6.09 Å². The van der Waals surface area contributed by atoms with Crippen LogP contribution in [0.4, 0.5) is 10.5 Å². The largest absolute Gasteiger partial charge is 0.492 e. The van der Waals surface area contributed by atoms with Crippen LogP contribution < -0.4 is 15.5 Å². The van der Waals surface area contributed by atoms with Crippen LogP contribution in [0.2, 0.25) is 5.02 Å². The fourth-order valence-electron chi connectivity index (χ4n) is 3.81. The van der Waals surface area contributed by atoms with Crippen molar-refractivity contribution in [3.05, 3.63) is 45.2 Å². The van der Waals surface area contributed by atoms with E-state index in [0.717, 1.165) is 29.7 Å². The van der Waals surface area contributed by atoms with E-state index in [9.17, 15) is 9.59 Å². The number of hydrogen-bond donors (Lipinski definition) is 1. The van der Waals surface area contributed by atoms with Gasteiger partial charge in [0.1, 0.15) is 11.4 Å². The summed E-state index contributed by atoms with van der Waals surface area (Å²) in [6.07, 6.45) is 2.51. The average molecular weight is 449 g/mol. The third-order valence-electron chi connectivity index (χ3n) is 5.43. The standard InChI is InChI=1S/C23H29ClN2O5/c1-23(2,3)21-10-14-9-20(31-8-6-7-29-4)16(24)11-15(14)18-12-19(27)17(13-26(18)21)25-22(28)30-5/h9,11-13,21H,6-8,10H2,1-5H3,(H,25,28). The van der Waals surface area contributed by atoms with E-state index in [1.54, 1.807) is 13.3 Å². The first kappa shape index (κ1) is 23.2. The molecule has 1 amide bonds. The van der Waals surface area contributed by atoms with Gasteiger partial charge in [-0.2, -0.15) is 0 Å². The van der Waals surface area contributed by atoms with Crippen molar-refractivity contribution >= 4 is 23.4 Å². The van der Waals surface area contributed by atoms with E-state index in [2.05, 4.69) is 30.8 Å². The number of rotatable bonds is 6. The first-order chi connectivity index (χ1) is 14.7. The Balaban J connectivity index is 2.07. The summed E-state index contributed by atoms with van der Waals surface area (Å²) in [5.74, 6) is 0.629. The zero-order valence-electron chi connectivity index (χ0n) is 18.6. The molecule has 0 radical (unpaired) electrons. The Bertz CT molecular complexity index is 1030. The SMILES string of the molecule is COCCCOc1cc2c(cc1Cl)-c1cc(=O)c(NC(=O)OC)cn1C(C(C)(C)C)C2. The molecule has 0 spiro atoms. The number of halogens is 1. The Labute approximate surface area is 187 Å². The summed E-state index contributed by atoms with van der Waals surface area (Å²) < 4.78 is 17.6. The molecule has 0 saturated carbocycles. The molecule has 2 aromatic rings. The number of nitrogens with zero attached hydrogens (tertiary/aromatic N) is 1. The molecule has 31 heavy (non-hydrogen) atoms. The number of anilines is 1. The Morgan fingerprint density at radius 2 is 1.97 bits per heavy atom. The minimum absolute atomic E-state index is 0.0521. The lowest BCUT2D eigenvalue weighted by molar-refractivity contribution is 0.172. The van der Waals surface area contributed by atoms with Crippen LogP contribution in [0.15, 0.2) is 29.2 Å². The Kier molecular flexibility index (Phi) is 6.96. The molecule has 0 aliphatic carbocycles. The van der Waals surface area contributed by atoms with Gasteiger partial charge >= 0.3 is 6.09 Å². The molecule has 0 saturated heterocycles. The molecule has 1 aromatic heterocycles. The molecule has 1 atom stereocenters. The predicted molar refractivity (Wildman–Crippen MR) is 121 cm³/mol. The number of carbonyl (C=O) groups is 1. The molecule has 0 fully saturated rings. The van der Waals surface area contributed by atoms with Gasteiger partial charge in [-0.1, -0.05) is 32.4 Å². The first-order valence-corrected chi connectivity index (χ1v) is 10.6. The maximum absolute atomic E-state index is 12.7. The number of hydrogen-bond acceptors (Lipinski definition) is 5. The van der Waals surface area contributed by atoms with Crippen molar-refractivity contribution in [2.45, 2.75) is 39.7 Å². The highest BCUT2D eigenvalue weighted by Gasteiger charge is 2.33. The molecule has 1 aromatic carbocycles. The molecular weight excluding hydrogens is 420 g/mol. The number of carbonyl (C=O) groups excluding carboxylic acids is 1. The summed E-state index contributed by atoms with van der Waals surface area (Å²) in [5, 5.41) is 3.00. The van der Waals surface area contributed by atoms with E-state index in [1.165, 1.54) is 13.2 Å². The molecule has 1 aliphatic rings. The van der Waals surface area contributed by atoms with Crippen molar-refractivity contribution in [3.8, 4) is 17.0 Å². The highest BCUT2D eigenvalue weighted by Crippen LogP contribution is 2.45. The fourth-order valence-corrected chi connectivity index (χ4v) is 4.03. The smallest absolute Gasteiger partial charge is 0.411 e. The molecule has 1 aliphatic heterocycles. The van der Waals surface area contributed by atoms with Crippen LogP contribution in [0.5, 0.6) is 5.75 Å². The molecule has 1 unspecified atom stereocenters. The molecule has 3 rings (SSSR count). The molecule has 1 N–H and O–H groups in total. The molecule has 2 heterocycles. The third kappa shape index (κ3) is 5.05. The van der Waals surface area contributed by atoms with Crippen molar-refractivity contribution < 1.29 is 19.0 Å². The van der Waals surface area contributed by atoms with Gasteiger partial charge in [0.05, 0.1) is 24.4 Å². The zero-order chi connectivity index (χ0) is 22.8. The number of fused-ring (bicyclic) bond motifs is 3. The summed E-state index contributed by atoms with van der Waals surface area (Å²) in [6, 6.07) is 5.41. The highest BCUT2D eigenvalue weighted by atomic mass is 35.5. The molecule has 168 valence electrons. The van der Waals surface area contributed by atoms with Crippen molar-refractivity contribution in [1.82, 2.24) is 4.57 Å². The van der Waals surface area contributed by atoms with E-state index >= 15 is 0 Å². The maximum atomic E-state index is 12.7. The van der Waals surface area contributed by atoms with Crippen molar-refractivity contribution in [2.24, 2.45) is 5.41 Å². The number of aromatic nitrogens is 1. The number of benzene rings is 1. The highest BCUT2D eigenvalue weighted by molar-refractivity contribution is 6.32. The Morgan fingerprint density at radius 1 is 1.23 bits per heavy atom. The van der Waals surface area contributed by atoms with Gasteiger partial charge in [-0.25, -0.2) is 4.79 Å². The summed E-state index contributed by atoms with van der Waals surface area (Å²) in [7, 11) is 2.92. The molecule has 0 bridgehead atoms. The fraction of sp³-hybridized carbons (Fsp3) is 0.478. The second-order valence-corrected chi connectivity index (χ2v) is 9.09. The van der Waals surface area contributed by atoms with Crippen LogP contribution >= 0.6 is 11.6 Å². The van der Waals surface area contributed by atoms with Crippen molar-refractivity contribution in [1.29, 1.82) is 0 Å². The number of pyridine rings is 1. The quantitative estimate of drug-likeness (QED) is 0.635. The summed E-state index contributed by atoms with van der Waals surface area (Å²) in [5.41, 5.74) is 2.49. The normalized spacial score (nSPS) is 15.1. The van der Waals surface area contributed by atoms with Gasteiger partial charge in [0, 0.05) is 44.0 Å². The topological polar surface area (TPSA) is 78.8 Å². The van der Waals surface area contributed by atoms with Crippen LogP contribution in [0.25, 0.3) is 11.3 Å². The lowest BCUT2D eigenvalue weighted by Crippen LogP contribution is -2.32. The van der Waals surface area contributed by atoms with Gasteiger partial charge in [-0.05, 0) is 29.5 Å². The van der Waals surface area contributed by atoms with Crippen LogP contribution in [-0.2, 0) is 15.9 Å². The van der Waals surface area contributed by atoms with Gasteiger partial charge in [-0.15, -0.1) is 0 Å². The summed E-state index contributed by atoms with van der Waals surface area (Å²) in [4.78, 5) is 24.4. The molecule has 8 heteroatoms. The summed E-state index contributed by atoms with van der Waals surface area (Å²) in [6.45, 7) is 7.57. The van der Waals surface area contributed by atoms with E-state index in [1.807, 2.05) is 16.7 Å². The number of methoxy groups -OCH3 is 2. The van der Waals surface area contributed by atoms with E-state index in [4.69, 9.17) is 21.1 Å². The Hall–Kier alpha value is -2.51. The van der Waals surface area contributed by atoms with Gasteiger partial charge in [0.25, 0.3) is 0 Å². The maximum Gasteiger partial charge on any atom is 0.411 e. The monoisotopic (exact) mass is 448 g/mol. The zero-order valence-corrected chi connectivity index (χ0v) is 19.3. The predicted octanol–water partition coefficient (Wildman–Crippen LogP) is 4.91. The average Bonchev–Trinajstić information content (AvgIpc) is 2.71. The lowest BCUT2D eigenvalue weighted by Gasteiger charge is -2.39. The minimum Gasteiger partial charge on any atom is -0.492 e. The second-order valence-electron chi connectivity index (χ2n) is 8.68. The van der Waals surface area contributed by atoms with E-state index in [0.29, 0.717) is 24.0 Å². The second kappa shape index (κ2) is 9.32. The van der Waals surface area contributed by atoms with Crippen LogP contribution in [-0.4, -0.2) is 38.1 Å². The van der Waals surface area contributed by atoms with Gasteiger partial charge in [-0.3, -0.25) is 10.1 Å². The summed E-state index contributed by atoms with van der Waals surface area (Å²) >= 11 is 6.51. The van der Waals surface area contributed by atoms with Crippen molar-refractivity contribution in [3.63, 3.8) is 0 Å². The lowest BCUT2D eigenvalue weighted by atomic mass is 9.79. The minimum atomic E-state index is -0.681.